The molecule has 0 radical (unpaired) electrons. The number of alkyl carbamates (subject to hydrolysis) is 2. The Kier molecular flexibility index (Phi) is 14.2. The SMILES string of the molecule is COC(=O)[C@H](CCCCNC(=O)OC(C)(C)C)NC(=O)[C@@H](N)CCCCNC(=O)OC(C)(C)C. The molecule has 0 aromatic carbocycles. The first-order valence-corrected chi connectivity index (χ1v) is 11.7. The molecule has 3 amide bonds. The summed E-state index contributed by atoms with van der Waals surface area (Å²) in [4.78, 5) is 47.7. The van der Waals surface area contributed by atoms with Gasteiger partial charge in [0.05, 0.1) is 13.2 Å². The summed E-state index contributed by atoms with van der Waals surface area (Å²) in [7, 11) is 1.25. The van der Waals surface area contributed by atoms with Gasteiger partial charge < -0.3 is 35.9 Å². The van der Waals surface area contributed by atoms with E-state index in [1.807, 2.05) is 0 Å². The standard InChI is InChI=1S/C23H44N4O7/c1-22(2,3)33-20(30)25-14-10-8-12-16(24)18(28)27-17(19(29)32-7)13-9-11-15-26-21(31)34-23(4,5)6/h16-17H,8-15,24H2,1-7H3,(H,25,30)(H,26,31)(H,27,28)/t16-,17-/m0/s1. The molecule has 11 nitrogen and oxygen atoms in total. The number of methoxy groups -OCH3 is 1. The summed E-state index contributed by atoms with van der Waals surface area (Å²) >= 11 is 0. The number of carbonyl (C=O) groups excluding carboxylic acids is 4. The van der Waals surface area contributed by atoms with Crippen molar-refractivity contribution in [2.24, 2.45) is 5.73 Å². The van der Waals surface area contributed by atoms with E-state index in [9.17, 15) is 19.2 Å². The molecular weight excluding hydrogens is 444 g/mol. The van der Waals surface area contributed by atoms with Crippen molar-refractivity contribution in [2.45, 2.75) is 103 Å². The lowest BCUT2D eigenvalue weighted by Gasteiger charge is -2.20. The Balaban J connectivity index is 4.27. The summed E-state index contributed by atoms with van der Waals surface area (Å²) in [5.74, 6) is -0.996. The van der Waals surface area contributed by atoms with Crippen LogP contribution in [0.25, 0.3) is 0 Å². The lowest BCUT2D eigenvalue weighted by atomic mass is 10.1. The molecule has 0 bridgehead atoms. The summed E-state index contributed by atoms with van der Waals surface area (Å²) in [5.41, 5.74) is 4.82. The van der Waals surface area contributed by atoms with Gasteiger partial charge in [-0.05, 0) is 80.1 Å². The van der Waals surface area contributed by atoms with Gasteiger partial charge in [-0.25, -0.2) is 14.4 Å². The zero-order valence-electron chi connectivity index (χ0n) is 21.7. The molecule has 0 saturated carbocycles. The maximum atomic E-state index is 12.4. The highest BCUT2D eigenvalue weighted by Crippen LogP contribution is 2.08. The molecule has 0 fully saturated rings. The third kappa shape index (κ3) is 17.0. The van der Waals surface area contributed by atoms with Gasteiger partial charge in [0.15, 0.2) is 0 Å². The van der Waals surface area contributed by atoms with Crippen LogP contribution in [0.3, 0.4) is 0 Å². The van der Waals surface area contributed by atoms with Crippen molar-refractivity contribution in [2.75, 3.05) is 20.2 Å². The second-order valence-electron chi connectivity index (χ2n) is 10.0. The highest BCUT2D eigenvalue weighted by Gasteiger charge is 2.24. The molecule has 11 heteroatoms. The number of unbranched alkanes of at least 4 members (excludes halogenated alkanes) is 2. The number of carbonyl (C=O) groups is 4. The van der Waals surface area contributed by atoms with Gasteiger partial charge in [0, 0.05) is 13.1 Å². The van der Waals surface area contributed by atoms with Gasteiger partial charge in [-0.15, -0.1) is 0 Å². The van der Waals surface area contributed by atoms with E-state index >= 15 is 0 Å². The van der Waals surface area contributed by atoms with E-state index in [4.69, 9.17) is 19.9 Å². The topological polar surface area (TPSA) is 158 Å². The van der Waals surface area contributed by atoms with E-state index in [-0.39, 0.29) is 0 Å². The zero-order chi connectivity index (χ0) is 26.4. The van der Waals surface area contributed by atoms with Crippen LogP contribution in [-0.2, 0) is 23.8 Å². The molecule has 0 heterocycles. The smallest absolute Gasteiger partial charge is 0.407 e. The molecule has 0 rings (SSSR count). The lowest BCUT2D eigenvalue weighted by molar-refractivity contribution is -0.145. The van der Waals surface area contributed by atoms with Gasteiger partial charge in [0.25, 0.3) is 0 Å². The Morgan fingerprint density at radius 2 is 1.21 bits per heavy atom. The van der Waals surface area contributed by atoms with Gasteiger partial charge in [0.2, 0.25) is 5.91 Å². The fourth-order valence-electron chi connectivity index (χ4n) is 2.77. The number of esters is 1. The van der Waals surface area contributed by atoms with Gasteiger partial charge in [-0.3, -0.25) is 4.79 Å². The van der Waals surface area contributed by atoms with Crippen LogP contribution in [0.4, 0.5) is 9.59 Å². The number of nitrogens with two attached hydrogens (primary N) is 1. The predicted octanol–water partition coefficient (Wildman–Crippen LogP) is 2.36. The van der Waals surface area contributed by atoms with E-state index in [1.165, 1.54) is 7.11 Å². The highest BCUT2D eigenvalue weighted by molar-refractivity contribution is 5.87. The average molecular weight is 489 g/mol. The van der Waals surface area contributed by atoms with Crippen LogP contribution in [0.15, 0.2) is 0 Å². The molecule has 5 N–H and O–H groups in total. The number of hydrogen-bond acceptors (Lipinski definition) is 8. The van der Waals surface area contributed by atoms with Crippen LogP contribution in [-0.4, -0.2) is 67.5 Å². The predicted molar refractivity (Wildman–Crippen MR) is 128 cm³/mol. The van der Waals surface area contributed by atoms with E-state index < -0.39 is 47.3 Å². The van der Waals surface area contributed by atoms with Gasteiger partial charge >= 0.3 is 18.2 Å². The van der Waals surface area contributed by atoms with Crippen LogP contribution in [0.5, 0.6) is 0 Å². The molecule has 34 heavy (non-hydrogen) atoms. The molecule has 0 spiro atoms. The van der Waals surface area contributed by atoms with E-state index in [0.717, 1.165) is 0 Å². The van der Waals surface area contributed by atoms with E-state index in [0.29, 0.717) is 51.6 Å². The summed E-state index contributed by atoms with van der Waals surface area (Å²) < 4.78 is 15.1. The van der Waals surface area contributed by atoms with Crippen molar-refractivity contribution in [1.82, 2.24) is 16.0 Å². The molecular formula is C23H44N4O7. The molecule has 0 saturated heterocycles. The van der Waals surface area contributed by atoms with Crippen molar-refractivity contribution in [3.63, 3.8) is 0 Å². The molecule has 0 aliphatic carbocycles. The second kappa shape index (κ2) is 15.4. The highest BCUT2D eigenvalue weighted by atomic mass is 16.6. The van der Waals surface area contributed by atoms with Crippen molar-refractivity contribution in [1.29, 1.82) is 0 Å². The maximum Gasteiger partial charge on any atom is 0.407 e. The Bertz CT molecular complexity index is 657. The third-order valence-electron chi connectivity index (χ3n) is 4.34. The Morgan fingerprint density at radius 3 is 1.62 bits per heavy atom. The van der Waals surface area contributed by atoms with Crippen molar-refractivity contribution < 1.29 is 33.4 Å². The first-order chi connectivity index (χ1) is 15.6. The minimum atomic E-state index is -0.820. The van der Waals surface area contributed by atoms with Crippen LogP contribution in [0, 0.1) is 0 Å². The first-order valence-electron chi connectivity index (χ1n) is 11.7. The number of rotatable bonds is 13. The molecule has 0 aromatic rings. The molecule has 0 aliphatic rings. The van der Waals surface area contributed by atoms with Crippen molar-refractivity contribution >= 4 is 24.1 Å². The normalized spacial score (nSPS) is 13.3. The first kappa shape index (κ1) is 31.4. The molecule has 0 aliphatic heterocycles. The van der Waals surface area contributed by atoms with Crippen LogP contribution < -0.4 is 21.7 Å². The average Bonchev–Trinajstić information content (AvgIpc) is 2.68. The summed E-state index contributed by atoms with van der Waals surface area (Å²) in [6.45, 7) is 11.5. The molecule has 0 aromatic heterocycles. The minimum Gasteiger partial charge on any atom is -0.467 e. The van der Waals surface area contributed by atoms with Crippen molar-refractivity contribution in [3.8, 4) is 0 Å². The zero-order valence-corrected chi connectivity index (χ0v) is 21.7. The second-order valence-corrected chi connectivity index (χ2v) is 10.0. The fraction of sp³-hybridized carbons (Fsp3) is 0.826. The van der Waals surface area contributed by atoms with Crippen molar-refractivity contribution in [3.05, 3.63) is 0 Å². The lowest BCUT2D eigenvalue weighted by Crippen LogP contribution is -2.48. The van der Waals surface area contributed by atoms with Crippen LogP contribution in [0.1, 0.15) is 80.1 Å². The Labute approximate surface area is 203 Å². The summed E-state index contributed by atoms with van der Waals surface area (Å²) in [6, 6.07) is -1.61. The molecule has 198 valence electrons. The van der Waals surface area contributed by atoms with Gasteiger partial charge in [-0.2, -0.15) is 0 Å². The third-order valence-corrected chi connectivity index (χ3v) is 4.34. The van der Waals surface area contributed by atoms with E-state index in [2.05, 4.69) is 16.0 Å². The molecule has 0 unspecified atom stereocenters. The molecule has 2 atom stereocenters. The van der Waals surface area contributed by atoms with Crippen LogP contribution >= 0.6 is 0 Å². The number of ether oxygens (including phenoxy) is 3. The summed E-state index contributed by atoms with van der Waals surface area (Å²) in [5, 5.41) is 7.94. The monoisotopic (exact) mass is 488 g/mol. The largest absolute Gasteiger partial charge is 0.467 e. The summed E-state index contributed by atoms with van der Waals surface area (Å²) in [6.07, 6.45) is 2.17. The fourth-order valence-corrected chi connectivity index (χ4v) is 2.77. The quantitative estimate of drug-likeness (QED) is 0.175. The van der Waals surface area contributed by atoms with Crippen LogP contribution in [0.2, 0.25) is 0 Å². The van der Waals surface area contributed by atoms with Gasteiger partial charge in [0.1, 0.15) is 17.2 Å². The Hall–Kier alpha value is -2.56. The number of nitrogens with one attached hydrogen (secondary N) is 3. The Morgan fingerprint density at radius 1 is 0.765 bits per heavy atom. The number of amides is 3. The maximum absolute atomic E-state index is 12.4. The van der Waals surface area contributed by atoms with E-state index in [1.54, 1.807) is 41.5 Å². The number of hydrogen-bond donors (Lipinski definition) is 4. The minimum absolute atomic E-state index is 0.348. The van der Waals surface area contributed by atoms with Gasteiger partial charge in [-0.1, -0.05) is 0 Å².